The molecule has 25 heavy (non-hydrogen) atoms. The molecule has 2 rings (SSSR count). The number of hydrogen-bond donors (Lipinski definition) is 1. The van der Waals surface area contributed by atoms with Crippen LogP contribution in [0.3, 0.4) is 0 Å². The lowest BCUT2D eigenvalue weighted by Crippen LogP contribution is -2.46. The largest absolute Gasteiger partial charge is 0.493 e. The topological polar surface area (TPSA) is 53.0 Å². The summed E-state index contributed by atoms with van der Waals surface area (Å²) < 4.78 is 5.96. The molecule has 0 amide bonds. The maximum atomic E-state index is 11.0. The van der Waals surface area contributed by atoms with E-state index in [9.17, 15) is 4.79 Å². The summed E-state index contributed by atoms with van der Waals surface area (Å²) in [6, 6.07) is 8.66. The van der Waals surface area contributed by atoms with Crippen molar-refractivity contribution in [3.63, 3.8) is 0 Å². The first-order chi connectivity index (χ1) is 12.0. The van der Waals surface area contributed by atoms with Crippen LogP contribution in [-0.2, 0) is 11.3 Å². The van der Waals surface area contributed by atoms with E-state index < -0.39 is 5.97 Å². The van der Waals surface area contributed by atoms with Gasteiger partial charge < -0.3 is 9.84 Å². The monoisotopic (exact) mass is 348 g/mol. The molecule has 1 aromatic rings. The Bertz CT molecular complexity index is 539. The highest BCUT2D eigenvalue weighted by atomic mass is 16.5. The number of rotatable bonds is 9. The van der Waals surface area contributed by atoms with Crippen LogP contribution >= 0.6 is 0 Å². The van der Waals surface area contributed by atoms with E-state index in [0.29, 0.717) is 12.0 Å². The number of hydrogen-bond acceptors (Lipinski definition) is 4. The molecule has 0 bridgehead atoms. The van der Waals surface area contributed by atoms with Crippen molar-refractivity contribution in [2.75, 3.05) is 32.8 Å². The Morgan fingerprint density at radius 3 is 2.60 bits per heavy atom. The summed E-state index contributed by atoms with van der Waals surface area (Å²) in [5, 5.41) is 9.05. The van der Waals surface area contributed by atoms with E-state index in [2.05, 4.69) is 41.8 Å². The molecule has 1 aliphatic heterocycles. The summed E-state index contributed by atoms with van der Waals surface area (Å²) in [6.07, 6.45) is 2.05. The second kappa shape index (κ2) is 9.78. The molecule has 1 aliphatic rings. The van der Waals surface area contributed by atoms with Gasteiger partial charge >= 0.3 is 5.97 Å². The van der Waals surface area contributed by atoms with Gasteiger partial charge in [0, 0.05) is 18.2 Å². The Labute approximate surface area is 151 Å². The van der Waals surface area contributed by atoms with E-state index in [4.69, 9.17) is 9.84 Å². The zero-order valence-corrected chi connectivity index (χ0v) is 15.8. The highest BCUT2D eigenvalue weighted by molar-refractivity contribution is 5.69. The van der Waals surface area contributed by atoms with E-state index in [0.717, 1.165) is 51.4 Å². The molecule has 140 valence electrons. The fourth-order valence-corrected chi connectivity index (χ4v) is 3.39. The van der Waals surface area contributed by atoms with Gasteiger partial charge in [-0.15, -0.1) is 0 Å². The normalized spacial score (nSPS) is 16.5. The average Bonchev–Trinajstić information content (AvgIpc) is 2.59. The van der Waals surface area contributed by atoms with E-state index >= 15 is 0 Å². The van der Waals surface area contributed by atoms with Crippen molar-refractivity contribution in [3.8, 4) is 5.75 Å². The third-order valence-electron chi connectivity index (χ3n) is 4.76. The van der Waals surface area contributed by atoms with Gasteiger partial charge in [-0.3, -0.25) is 14.6 Å². The number of nitrogens with zero attached hydrogens (tertiary/aromatic N) is 2. The molecule has 0 atom stereocenters. The van der Waals surface area contributed by atoms with Gasteiger partial charge in [-0.05, 0) is 44.5 Å². The van der Waals surface area contributed by atoms with Crippen LogP contribution in [0.2, 0.25) is 0 Å². The molecule has 5 nitrogen and oxygen atoms in total. The Kier molecular flexibility index (Phi) is 7.72. The number of para-hydroxylation sites is 1. The van der Waals surface area contributed by atoms with Crippen molar-refractivity contribution < 1.29 is 14.6 Å². The summed E-state index contributed by atoms with van der Waals surface area (Å²) in [4.78, 5) is 15.5. The average molecular weight is 348 g/mol. The number of aliphatic carboxylic acids is 1. The molecule has 0 aromatic heterocycles. The fourth-order valence-electron chi connectivity index (χ4n) is 3.39. The summed E-state index contributed by atoms with van der Waals surface area (Å²) >= 11 is 0. The molecule has 1 fully saturated rings. The second-order valence-electron chi connectivity index (χ2n) is 7.28. The van der Waals surface area contributed by atoms with E-state index in [-0.39, 0.29) is 6.54 Å². The van der Waals surface area contributed by atoms with Gasteiger partial charge in [-0.1, -0.05) is 39.0 Å². The van der Waals surface area contributed by atoms with Crippen molar-refractivity contribution in [1.82, 2.24) is 9.80 Å². The van der Waals surface area contributed by atoms with Gasteiger partial charge in [0.1, 0.15) is 5.75 Å². The van der Waals surface area contributed by atoms with Crippen LogP contribution in [0.5, 0.6) is 5.75 Å². The lowest BCUT2D eigenvalue weighted by molar-refractivity contribution is -0.139. The van der Waals surface area contributed by atoms with Gasteiger partial charge in [0.05, 0.1) is 13.2 Å². The molecule has 1 heterocycles. The molecular weight excluding hydrogens is 316 g/mol. The third-order valence-corrected chi connectivity index (χ3v) is 4.76. The molecule has 5 heteroatoms. The van der Waals surface area contributed by atoms with E-state index in [1.54, 1.807) is 0 Å². The van der Waals surface area contributed by atoms with Crippen LogP contribution in [0.15, 0.2) is 24.3 Å². The first kappa shape index (κ1) is 19.7. The van der Waals surface area contributed by atoms with Gasteiger partial charge in [0.2, 0.25) is 0 Å². The summed E-state index contributed by atoms with van der Waals surface area (Å²) in [6.45, 7) is 10.9. The van der Waals surface area contributed by atoms with Crippen LogP contribution in [0.4, 0.5) is 0 Å². The van der Waals surface area contributed by atoms with Crippen molar-refractivity contribution >= 4 is 5.97 Å². The number of ether oxygens (including phenoxy) is 1. The molecule has 0 unspecified atom stereocenters. The highest BCUT2D eigenvalue weighted by Crippen LogP contribution is 2.23. The maximum Gasteiger partial charge on any atom is 0.317 e. The van der Waals surface area contributed by atoms with Crippen molar-refractivity contribution in [1.29, 1.82) is 0 Å². The number of carboxylic acid groups (broad SMARTS) is 1. The summed E-state index contributed by atoms with van der Waals surface area (Å²) in [5.74, 6) is 0.762. The Morgan fingerprint density at radius 2 is 2.00 bits per heavy atom. The molecule has 0 aliphatic carbocycles. The Hall–Kier alpha value is -1.59. The van der Waals surface area contributed by atoms with Crippen molar-refractivity contribution in [2.24, 2.45) is 5.92 Å². The number of carboxylic acids is 1. The smallest absolute Gasteiger partial charge is 0.317 e. The number of likely N-dealkylation sites (N-methyl/N-ethyl adjacent to an activating group) is 1. The highest BCUT2D eigenvalue weighted by Gasteiger charge is 2.25. The zero-order valence-electron chi connectivity index (χ0n) is 15.8. The van der Waals surface area contributed by atoms with Gasteiger partial charge in [0.25, 0.3) is 0 Å². The first-order valence-corrected chi connectivity index (χ1v) is 9.38. The van der Waals surface area contributed by atoms with Gasteiger partial charge in [-0.2, -0.15) is 0 Å². The summed E-state index contributed by atoms with van der Waals surface area (Å²) in [5.41, 5.74) is 1.24. The van der Waals surface area contributed by atoms with Gasteiger partial charge in [-0.25, -0.2) is 0 Å². The van der Waals surface area contributed by atoms with Crippen molar-refractivity contribution in [2.45, 2.75) is 46.2 Å². The fraction of sp³-hybridized carbons (Fsp3) is 0.650. The Balaban J connectivity index is 1.88. The molecule has 0 radical (unpaired) electrons. The minimum Gasteiger partial charge on any atom is -0.493 e. The SMILES string of the molecule is CCN(CC(=O)O)C1CCN(Cc2ccccc2OCC(C)C)CC1. The van der Waals surface area contributed by atoms with E-state index in [1.165, 1.54) is 5.56 Å². The minimum absolute atomic E-state index is 0.146. The third kappa shape index (κ3) is 6.33. The number of benzene rings is 1. The molecular formula is C20H32N2O3. The minimum atomic E-state index is -0.736. The summed E-state index contributed by atoms with van der Waals surface area (Å²) in [7, 11) is 0. The molecule has 0 spiro atoms. The lowest BCUT2D eigenvalue weighted by Gasteiger charge is -2.37. The maximum absolute atomic E-state index is 11.0. The van der Waals surface area contributed by atoms with Gasteiger partial charge in [0.15, 0.2) is 0 Å². The van der Waals surface area contributed by atoms with Crippen LogP contribution < -0.4 is 4.74 Å². The molecule has 1 aromatic carbocycles. The van der Waals surface area contributed by atoms with Crippen LogP contribution in [-0.4, -0.2) is 59.7 Å². The first-order valence-electron chi connectivity index (χ1n) is 9.38. The lowest BCUT2D eigenvalue weighted by atomic mass is 10.0. The van der Waals surface area contributed by atoms with Crippen LogP contribution in [0.1, 0.15) is 39.2 Å². The predicted molar refractivity (Wildman–Crippen MR) is 100.0 cm³/mol. The quantitative estimate of drug-likeness (QED) is 0.743. The van der Waals surface area contributed by atoms with E-state index in [1.807, 2.05) is 13.0 Å². The predicted octanol–water partition coefficient (Wildman–Crippen LogP) is 3.09. The number of piperidine rings is 1. The molecule has 1 N–H and O–H groups in total. The standard InChI is InChI=1S/C20H32N2O3/c1-4-22(14-20(23)24)18-9-11-21(12-10-18)13-17-7-5-6-8-19(17)25-15-16(2)3/h5-8,16,18H,4,9-15H2,1-3H3,(H,23,24). The molecule has 0 saturated carbocycles. The molecule has 1 saturated heterocycles. The van der Waals surface area contributed by atoms with Crippen molar-refractivity contribution in [3.05, 3.63) is 29.8 Å². The second-order valence-corrected chi connectivity index (χ2v) is 7.28. The van der Waals surface area contributed by atoms with Crippen LogP contribution in [0.25, 0.3) is 0 Å². The number of likely N-dealkylation sites (tertiary alicyclic amines) is 1. The number of carbonyl (C=O) groups is 1. The van der Waals surface area contributed by atoms with Crippen LogP contribution in [0, 0.1) is 5.92 Å². The zero-order chi connectivity index (χ0) is 18.2. The Morgan fingerprint density at radius 1 is 1.32 bits per heavy atom.